The minimum Gasteiger partial charge on any atom is -0.330 e. The molecule has 2 N–H and O–H groups in total. The molecule has 0 atom stereocenters. The summed E-state index contributed by atoms with van der Waals surface area (Å²) >= 11 is 0. The van der Waals surface area contributed by atoms with Crippen molar-refractivity contribution in [2.24, 2.45) is 5.73 Å². The van der Waals surface area contributed by atoms with Crippen LogP contribution in [-0.4, -0.2) is 11.5 Å². The highest BCUT2D eigenvalue weighted by molar-refractivity contribution is 5.20. The van der Waals surface area contributed by atoms with Gasteiger partial charge in [0, 0.05) is 18.2 Å². The Morgan fingerprint density at radius 2 is 2.14 bits per heavy atom. The molecule has 2 rings (SSSR count). The molecule has 0 bridgehead atoms. The predicted octanol–water partition coefficient (Wildman–Crippen LogP) is 1.99. The van der Waals surface area contributed by atoms with Crippen molar-refractivity contribution < 1.29 is 4.39 Å². The second-order valence-electron chi connectivity index (χ2n) is 4.05. The molecule has 0 amide bonds. The summed E-state index contributed by atoms with van der Waals surface area (Å²) < 4.78 is 13.0. The summed E-state index contributed by atoms with van der Waals surface area (Å²) in [6.07, 6.45) is 5.96. The molecule has 0 saturated heterocycles. The average Bonchev–Trinajstić information content (AvgIpc) is 2.67. The van der Waals surface area contributed by atoms with Gasteiger partial charge in [0.15, 0.2) is 0 Å². The first-order valence-corrected chi connectivity index (χ1v) is 5.09. The summed E-state index contributed by atoms with van der Waals surface area (Å²) in [6, 6.07) is 2.90. The van der Waals surface area contributed by atoms with Gasteiger partial charge in [-0.15, -0.1) is 0 Å². The van der Waals surface area contributed by atoms with Gasteiger partial charge in [-0.1, -0.05) is 12.8 Å². The highest BCUT2D eigenvalue weighted by Crippen LogP contribution is 2.39. The van der Waals surface area contributed by atoms with E-state index >= 15 is 0 Å². The number of aromatic nitrogens is 1. The lowest BCUT2D eigenvalue weighted by Gasteiger charge is -2.26. The fraction of sp³-hybridized carbons (Fsp3) is 0.545. The van der Waals surface area contributed by atoms with E-state index in [1.165, 1.54) is 31.2 Å². The quantitative estimate of drug-likeness (QED) is 0.782. The van der Waals surface area contributed by atoms with Crippen molar-refractivity contribution in [1.82, 2.24) is 4.98 Å². The summed E-state index contributed by atoms with van der Waals surface area (Å²) in [5.41, 5.74) is 6.57. The van der Waals surface area contributed by atoms with E-state index < -0.39 is 0 Å². The molecule has 1 saturated carbocycles. The first-order valence-electron chi connectivity index (χ1n) is 5.09. The average molecular weight is 194 g/mol. The molecule has 2 nitrogen and oxygen atoms in total. The van der Waals surface area contributed by atoms with Crippen LogP contribution < -0.4 is 5.73 Å². The lowest BCUT2D eigenvalue weighted by molar-refractivity contribution is 0.435. The third kappa shape index (κ3) is 1.52. The Bertz CT molecular complexity index is 319. The highest BCUT2D eigenvalue weighted by atomic mass is 19.1. The minimum absolute atomic E-state index is 0.0535. The summed E-state index contributed by atoms with van der Waals surface area (Å²) in [4.78, 5) is 4.24. The molecular weight excluding hydrogens is 179 g/mol. The maximum absolute atomic E-state index is 13.0. The van der Waals surface area contributed by atoms with Crippen LogP contribution in [0.1, 0.15) is 31.4 Å². The lowest BCUT2D eigenvalue weighted by Crippen LogP contribution is -2.33. The van der Waals surface area contributed by atoms with Crippen LogP contribution in [0.25, 0.3) is 0 Å². The van der Waals surface area contributed by atoms with E-state index in [9.17, 15) is 4.39 Å². The van der Waals surface area contributed by atoms with Crippen molar-refractivity contribution >= 4 is 0 Å². The Morgan fingerprint density at radius 3 is 2.71 bits per heavy atom. The Kier molecular flexibility index (Phi) is 2.50. The van der Waals surface area contributed by atoms with E-state index in [0.29, 0.717) is 6.54 Å². The molecule has 0 radical (unpaired) electrons. The Hall–Kier alpha value is -0.960. The van der Waals surface area contributed by atoms with Crippen molar-refractivity contribution in [2.45, 2.75) is 31.1 Å². The van der Waals surface area contributed by atoms with E-state index in [4.69, 9.17) is 5.73 Å². The number of nitrogens with zero attached hydrogens (tertiary/aromatic N) is 1. The molecule has 0 unspecified atom stereocenters. The van der Waals surface area contributed by atoms with Crippen LogP contribution in [0.3, 0.4) is 0 Å². The fourth-order valence-electron chi connectivity index (χ4n) is 2.31. The second-order valence-corrected chi connectivity index (χ2v) is 4.05. The summed E-state index contributed by atoms with van der Waals surface area (Å²) in [5.74, 6) is -0.213. The highest BCUT2D eigenvalue weighted by Gasteiger charge is 2.35. The van der Waals surface area contributed by atoms with Gasteiger partial charge in [0.25, 0.3) is 0 Å². The number of hydrogen-bond acceptors (Lipinski definition) is 2. The standard InChI is InChI=1S/C11H15FN2/c12-9-3-6-14-10(7-9)11(8-13)4-1-2-5-11/h3,6-7H,1-2,4-5,8,13H2. The van der Waals surface area contributed by atoms with Crippen molar-refractivity contribution in [2.75, 3.05) is 6.54 Å². The van der Waals surface area contributed by atoms with Crippen LogP contribution in [0.4, 0.5) is 4.39 Å². The molecule has 0 aliphatic heterocycles. The minimum atomic E-state index is -0.213. The summed E-state index contributed by atoms with van der Waals surface area (Å²) in [7, 11) is 0. The van der Waals surface area contributed by atoms with Crippen LogP contribution in [0.2, 0.25) is 0 Å². The molecule has 1 fully saturated rings. The predicted molar refractivity (Wildman–Crippen MR) is 53.4 cm³/mol. The molecule has 14 heavy (non-hydrogen) atoms. The zero-order valence-electron chi connectivity index (χ0n) is 8.17. The van der Waals surface area contributed by atoms with Crippen LogP contribution in [-0.2, 0) is 5.41 Å². The van der Waals surface area contributed by atoms with Gasteiger partial charge in [0.05, 0.1) is 5.69 Å². The Balaban J connectivity index is 2.35. The van der Waals surface area contributed by atoms with Gasteiger partial charge < -0.3 is 5.73 Å². The summed E-state index contributed by atoms with van der Waals surface area (Å²) in [5, 5.41) is 0. The van der Waals surface area contributed by atoms with Gasteiger partial charge in [-0.2, -0.15) is 0 Å². The molecule has 0 spiro atoms. The molecule has 1 aliphatic rings. The monoisotopic (exact) mass is 194 g/mol. The van der Waals surface area contributed by atoms with E-state index in [1.807, 2.05) is 0 Å². The molecule has 1 aromatic heterocycles. The van der Waals surface area contributed by atoms with Crippen LogP contribution >= 0.6 is 0 Å². The molecule has 3 heteroatoms. The molecule has 1 heterocycles. The first-order chi connectivity index (χ1) is 6.77. The van der Waals surface area contributed by atoms with Crippen LogP contribution in [0.15, 0.2) is 18.3 Å². The number of halogens is 1. The van der Waals surface area contributed by atoms with Gasteiger partial charge in [-0.25, -0.2) is 4.39 Å². The van der Waals surface area contributed by atoms with E-state index in [0.717, 1.165) is 18.5 Å². The smallest absolute Gasteiger partial charge is 0.126 e. The van der Waals surface area contributed by atoms with E-state index in [1.54, 1.807) is 0 Å². The topological polar surface area (TPSA) is 38.9 Å². The second kappa shape index (κ2) is 3.65. The fourth-order valence-corrected chi connectivity index (χ4v) is 2.31. The number of rotatable bonds is 2. The van der Waals surface area contributed by atoms with E-state index in [-0.39, 0.29) is 11.2 Å². The van der Waals surface area contributed by atoms with Gasteiger partial charge >= 0.3 is 0 Å². The third-order valence-electron chi connectivity index (χ3n) is 3.22. The third-order valence-corrected chi connectivity index (χ3v) is 3.22. The largest absolute Gasteiger partial charge is 0.330 e. The van der Waals surface area contributed by atoms with Crippen molar-refractivity contribution in [3.8, 4) is 0 Å². The first kappa shape index (κ1) is 9.59. The molecule has 76 valence electrons. The number of nitrogens with two attached hydrogens (primary N) is 1. The number of hydrogen-bond donors (Lipinski definition) is 1. The van der Waals surface area contributed by atoms with Crippen LogP contribution in [0, 0.1) is 5.82 Å². The summed E-state index contributed by atoms with van der Waals surface area (Å²) in [6.45, 7) is 0.573. The molecular formula is C11H15FN2. The van der Waals surface area contributed by atoms with E-state index in [2.05, 4.69) is 4.98 Å². The van der Waals surface area contributed by atoms with Crippen molar-refractivity contribution in [3.05, 3.63) is 29.8 Å². The maximum atomic E-state index is 13.0. The lowest BCUT2D eigenvalue weighted by atomic mass is 9.82. The van der Waals surface area contributed by atoms with Crippen molar-refractivity contribution in [3.63, 3.8) is 0 Å². The van der Waals surface area contributed by atoms with Crippen molar-refractivity contribution in [1.29, 1.82) is 0 Å². The van der Waals surface area contributed by atoms with Gasteiger partial charge in [-0.05, 0) is 25.0 Å². The zero-order valence-corrected chi connectivity index (χ0v) is 8.17. The van der Waals surface area contributed by atoms with Gasteiger partial charge in [0.2, 0.25) is 0 Å². The Morgan fingerprint density at radius 1 is 1.43 bits per heavy atom. The van der Waals surface area contributed by atoms with Gasteiger partial charge in [-0.3, -0.25) is 4.98 Å². The molecule has 1 aliphatic carbocycles. The SMILES string of the molecule is NCC1(c2cc(F)ccn2)CCCC1. The zero-order chi connectivity index (χ0) is 10.0. The van der Waals surface area contributed by atoms with Crippen LogP contribution in [0.5, 0.6) is 0 Å². The molecule has 0 aromatic carbocycles. The molecule has 1 aromatic rings. The Labute approximate surface area is 83.3 Å². The number of pyridine rings is 1. The maximum Gasteiger partial charge on any atom is 0.126 e. The van der Waals surface area contributed by atoms with Gasteiger partial charge in [0.1, 0.15) is 5.82 Å². The normalized spacial score (nSPS) is 19.9.